The van der Waals surface area contributed by atoms with Crippen LogP contribution in [0.2, 0.25) is 0 Å². The SMILES string of the molecule is CC(NCC(O)C(C)(C)C)c1nccs1. The molecule has 1 rings (SSSR count). The van der Waals surface area contributed by atoms with Gasteiger partial charge in [-0.05, 0) is 12.3 Å². The summed E-state index contributed by atoms with van der Waals surface area (Å²) in [6, 6.07) is 0.210. The van der Waals surface area contributed by atoms with Crippen LogP contribution < -0.4 is 5.32 Å². The van der Waals surface area contributed by atoms with E-state index in [0.29, 0.717) is 6.54 Å². The average Bonchev–Trinajstić information content (AvgIpc) is 2.64. The molecule has 4 heteroatoms. The van der Waals surface area contributed by atoms with Gasteiger partial charge >= 0.3 is 0 Å². The lowest BCUT2D eigenvalue weighted by Crippen LogP contribution is -2.37. The number of aromatic nitrogens is 1. The molecule has 0 bridgehead atoms. The lowest BCUT2D eigenvalue weighted by Gasteiger charge is -2.27. The molecule has 15 heavy (non-hydrogen) atoms. The minimum atomic E-state index is -0.333. The number of thiazole rings is 1. The van der Waals surface area contributed by atoms with Crippen molar-refractivity contribution in [2.24, 2.45) is 5.41 Å². The highest BCUT2D eigenvalue weighted by molar-refractivity contribution is 7.09. The molecule has 0 aliphatic rings. The molecule has 3 nitrogen and oxygen atoms in total. The third-order valence-corrected chi connectivity index (χ3v) is 3.40. The van der Waals surface area contributed by atoms with Gasteiger partial charge in [-0.15, -0.1) is 11.3 Å². The Bertz CT molecular complexity index is 279. The molecule has 0 aliphatic carbocycles. The quantitative estimate of drug-likeness (QED) is 0.830. The summed E-state index contributed by atoms with van der Waals surface area (Å²) in [7, 11) is 0. The first-order chi connectivity index (χ1) is 6.91. The van der Waals surface area contributed by atoms with Crippen molar-refractivity contribution in [2.45, 2.75) is 39.8 Å². The molecule has 1 aromatic rings. The molecular weight excluding hydrogens is 208 g/mol. The molecule has 2 unspecified atom stereocenters. The summed E-state index contributed by atoms with van der Waals surface area (Å²) in [4.78, 5) is 4.23. The Kier molecular flexibility index (Phi) is 4.25. The molecule has 0 amide bonds. The molecule has 2 N–H and O–H groups in total. The summed E-state index contributed by atoms with van der Waals surface area (Å²) < 4.78 is 0. The molecule has 1 heterocycles. The first-order valence-electron chi connectivity index (χ1n) is 5.22. The first kappa shape index (κ1) is 12.6. The van der Waals surface area contributed by atoms with Crippen molar-refractivity contribution in [1.29, 1.82) is 0 Å². The van der Waals surface area contributed by atoms with E-state index in [1.807, 2.05) is 26.2 Å². The second kappa shape index (κ2) is 5.05. The molecular formula is C11H20N2OS. The van der Waals surface area contributed by atoms with E-state index >= 15 is 0 Å². The largest absolute Gasteiger partial charge is 0.391 e. The van der Waals surface area contributed by atoms with Crippen LogP contribution in [0.15, 0.2) is 11.6 Å². The highest BCUT2D eigenvalue weighted by Crippen LogP contribution is 2.20. The molecule has 0 saturated carbocycles. The number of nitrogens with zero attached hydrogens (tertiary/aromatic N) is 1. The van der Waals surface area contributed by atoms with Crippen LogP contribution in [-0.2, 0) is 0 Å². The number of rotatable bonds is 4. The van der Waals surface area contributed by atoms with Gasteiger partial charge in [-0.1, -0.05) is 20.8 Å². The van der Waals surface area contributed by atoms with Crippen molar-refractivity contribution in [3.05, 3.63) is 16.6 Å². The average molecular weight is 228 g/mol. The van der Waals surface area contributed by atoms with Gasteiger partial charge in [0.1, 0.15) is 5.01 Å². The Hall–Kier alpha value is -0.450. The van der Waals surface area contributed by atoms with Gasteiger partial charge in [-0.3, -0.25) is 0 Å². The standard InChI is InChI=1S/C11H20N2OS/c1-8(10-12-5-6-15-10)13-7-9(14)11(2,3)4/h5-6,8-9,13-14H,7H2,1-4H3. The van der Waals surface area contributed by atoms with E-state index in [1.165, 1.54) is 0 Å². The van der Waals surface area contributed by atoms with Gasteiger partial charge in [0.25, 0.3) is 0 Å². The zero-order valence-electron chi connectivity index (χ0n) is 9.82. The Morgan fingerprint density at radius 3 is 2.67 bits per heavy atom. The number of hydrogen-bond acceptors (Lipinski definition) is 4. The summed E-state index contributed by atoms with van der Waals surface area (Å²) in [5, 5.41) is 16.2. The predicted molar refractivity (Wildman–Crippen MR) is 64.0 cm³/mol. The molecule has 1 aromatic heterocycles. The molecule has 0 radical (unpaired) electrons. The molecule has 86 valence electrons. The van der Waals surface area contributed by atoms with E-state index in [-0.39, 0.29) is 17.6 Å². The van der Waals surface area contributed by atoms with Crippen molar-refractivity contribution in [3.8, 4) is 0 Å². The van der Waals surface area contributed by atoms with Gasteiger partial charge in [-0.2, -0.15) is 0 Å². The van der Waals surface area contributed by atoms with E-state index in [4.69, 9.17) is 0 Å². The van der Waals surface area contributed by atoms with Crippen molar-refractivity contribution in [1.82, 2.24) is 10.3 Å². The number of aliphatic hydroxyl groups excluding tert-OH is 1. The highest BCUT2D eigenvalue weighted by Gasteiger charge is 2.22. The smallest absolute Gasteiger partial charge is 0.109 e. The van der Waals surface area contributed by atoms with Crippen molar-refractivity contribution < 1.29 is 5.11 Å². The van der Waals surface area contributed by atoms with Crippen LogP contribution in [0.4, 0.5) is 0 Å². The fraction of sp³-hybridized carbons (Fsp3) is 0.727. The molecule has 0 saturated heterocycles. The van der Waals surface area contributed by atoms with Crippen LogP contribution in [0.3, 0.4) is 0 Å². The molecule has 0 fully saturated rings. The van der Waals surface area contributed by atoms with E-state index in [2.05, 4.69) is 17.2 Å². The zero-order chi connectivity index (χ0) is 11.5. The molecule has 0 aromatic carbocycles. The lowest BCUT2D eigenvalue weighted by atomic mass is 9.89. The summed E-state index contributed by atoms with van der Waals surface area (Å²) in [5.41, 5.74) is -0.0738. The van der Waals surface area contributed by atoms with Gasteiger partial charge in [0.2, 0.25) is 0 Å². The summed E-state index contributed by atoms with van der Waals surface area (Å²) in [6.45, 7) is 8.77. The van der Waals surface area contributed by atoms with Crippen molar-refractivity contribution in [3.63, 3.8) is 0 Å². The number of hydrogen-bond donors (Lipinski definition) is 2. The summed E-state index contributed by atoms with van der Waals surface area (Å²) >= 11 is 1.63. The van der Waals surface area contributed by atoms with Gasteiger partial charge in [0.05, 0.1) is 12.1 Å². The van der Waals surface area contributed by atoms with Crippen LogP contribution in [0.5, 0.6) is 0 Å². The number of aliphatic hydroxyl groups is 1. The maximum Gasteiger partial charge on any atom is 0.109 e. The lowest BCUT2D eigenvalue weighted by molar-refractivity contribution is 0.0609. The Morgan fingerprint density at radius 1 is 1.53 bits per heavy atom. The van der Waals surface area contributed by atoms with Gasteiger partial charge in [0.15, 0.2) is 0 Å². The van der Waals surface area contributed by atoms with E-state index in [1.54, 1.807) is 17.5 Å². The predicted octanol–water partition coefficient (Wildman–Crippen LogP) is 2.20. The van der Waals surface area contributed by atoms with Crippen molar-refractivity contribution >= 4 is 11.3 Å². The molecule has 2 atom stereocenters. The topological polar surface area (TPSA) is 45.1 Å². The minimum Gasteiger partial charge on any atom is -0.391 e. The Labute approximate surface area is 95.6 Å². The second-order valence-electron chi connectivity index (χ2n) is 4.88. The monoisotopic (exact) mass is 228 g/mol. The maximum atomic E-state index is 9.85. The third kappa shape index (κ3) is 3.89. The number of nitrogens with one attached hydrogen (secondary N) is 1. The van der Waals surface area contributed by atoms with Gasteiger partial charge in [-0.25, -0.2) is 4.98 Å². The summed E-state index contributed by atoms with van der Waals surface area (Å²) in [5.74, 6) is 0. The van der Waals surface area contributed by atoms with Crippen LogP contribution in [-0.4, -0.2) is 22.7 Å². The normalized spacial score (nSPS) is 16.3. The zero-order valence-corrected chi connectivity index (χ0v) is 10.6. The fourth-order valence-electron chi connectivity index (χ4n) is 1.13. The first-order valence-corrected chi connectivity index (χ1v) is 6.10. The molecule has 0 spiro atoms. The Morgan fingerprint density at radius 2 is 2.20 bits per heavy atom. The van der Waals surface area contributed by atoms with Crippen LogP contribution in [0.1, 0.15) is 38.7 Å². The Balaban J connectivity index is 2.38. The second-order valence-corrected chi connectivity index (χ2v) is 5.81. The summed E-state index contributed by atoms with van der Waals surface area (Å²) in [6.07, 6.45) is 1.47. The van der Waals surface area contributed by atoms with Gasteiger partial charge in [0, 0.05) is 18.1 Å². The van der Waals surface area contributed by atoms with E-state index < -0.39 is 0 Å². The van der Waals surface area contributed by atoms with Crippen LogP contribution >= 0.6 is 11.3 Å². The van der Waals surface area contributed by atoms with E-state index in [0.717, 1.165) is 5.01 Å². The molecule has 0 aliphatic heterocycles. The fourth-order valence-corrected chi connectivity index (χ4v) is 1.80. The maximum absolute atomic E-state index is 9.85. The minimum absolute atomic E-state index is 0.0738. The highest BCUT2D eigenvalue weighted by atomic mass is 32.1. The van der Waals surface area contributed by atoms with Crippen molar-refractivity contribution in [2.75, 3.05) is 6.54 Å². The van der Waals surface area contributed by atoms with Gasteiger partial charge < -0.3 is 10.4 Å². The van der Waals surface area contributed by atoms with E-state index in [9.17, 15) is 5.11 Å². The third-order valence-electron chi connectivity index (χ3n) is 2.44. The van der Waals surface area contributed by atoms with Crippen LogP contribution in [0.25, 0.3) is 0 Å². The van der Waals surface area contributed by atoms with Crippen LogP contribution in [0, 0.1) is 5.41 Å².